The van der Waals surface area contributed by atoms with Crippen molar-refractivity contribution in [1.29, 1.82) is 0 Å². The fourth-order valence-corrected chi connectivity index (χ4v) is 6.15. The lowest BCUT2D eigenvalue weighted by atomic mass is 10.1. The fraction of sp³-hybridized carbons (Fsp3) is 0.913. The van der Waals surface area contributed by atoms with Crippen LogP contribution in [0.15, 0.2) is 0 Å². The van der Waals surface area contributed by atoms with Gasteiger partial charge in [0.25, 0.3) is 0 Å². The third-order valence-electron chi connectivity index (χ3n) is 9.46. The van der Waals surface area contributed by atoms with Gasteiger partial charge in [-0.1, -0.05) is 232 Å². The third-order valence-corrected chi connectivity index (χ3v) is 9.46. The van der Waals surface area contributed by atoms with Crippen LogP contribution in [0.1, 0.15) is 259 Å². The molecule has 0 saturated heterocycles. The highest BCUT2D eigenvalue weighted by molar-refractivity contribution is 5.25. The van der Waals surface area contributed by atoms with Crippen LogP contribution in [0.3, 0.4) is 0 Å². The van der Waals surface area contributed by atoms with E-state index >= 15 is 0 Å². The zero-order valence-corrected chi connectivity index (χ0v) is 33.4. The molecule has 0 unspecified atom stereocenters. The summed E-state index contributed by atoms with van der Waals surface area (Å²) in [7, 11) is 0. The highest BCUT2D eigenvalue weighted by Crippen LogP contribution is 2.12. The molecule has 1 heteroatoms. The van der Waals surface area contributed by atoms with Crippen molar-refractivity contribution < 1.29 is 0 Å². The van der Waals surface area contributed by atoms with Crippen molar-refractivity contribution in [2.24, 2.45) is 0 Å². The van der Waals surface area contributed by atoms with E-state index < -0.39 is 0 Å². The number of hydrogen-bond donors (Lipinski definition) is 1. The minimum atomic E-state index is 1.03. The molecule has 0 aromatic rings. The zero-order chi connectivity index (χ0) is 34.4. The summed E-state index contributed by atoms with van der Waals surface area (Å²) in [6.07, 6.45) is 49.9. The summed E-state index contributed by atoms with van der Waals surface area (Å²) in [6.45, 7) is 11.6. The highest BCUT2D eigenvalue weighted by Gasteiger charge is 1.95. The topological polar surface area (TPSA) is 12.0 Å². The van der Waals surface area contributed by atoms with Crippen LogP contribution in [-0.2, 0) is 0 Å². The molecule has 1 nitrogen and oxygen atoms in total. The molecule has 0 spiro atoms. The molecule has 0 atom stereocenters. The van der Waals surface area contributed by atoms with Crippen LogP contribution < -0.4 is 5.32 Å². The standard InChI is InChI=1S/C24H51N.C22H38/c1-3-5-7-9-11-13-15-17-19-21-23-25-24-22-20-18-16-14-12-10-8-6-4-2;1-3-5-7-9-11-13-15-17-19-21-22-20-18-16-14-12-10-8-6-4-2/h25H,3-24H2,1-2H3;3-18H2,1-2H3. The van der Waals surface area contributed by atoms with Gasteiger partial charge >= 0.3 is 0 Å². The molecule has 1 N–H and O–H groups in total. The van der Waals surface area contributed by atoms with Crippen molar-refractivity contribution in [3.63, 3.8) is 0 Å². The second-order valence-electron chi connectivity index (χ2n) is 14.5. The lowest BCUT2D eigenvalue weighted by molar-refractivity contribution is 0.525. The van der Waals surface area contributed by atoms with E-state index in [1.807, 2.05) is 0 Å². The lowest BCUT2D eigenvalue weighted by Gasteiger charge is -2.05. The monoisotopic (exact) mass is 656 g/mol. The van der Waals surface area contributed by atoms with Crippen LogP contribution in [0.5, 0.6) is 0 Å². The van der Waals surface area contributed by atoms with Crippen molar-refractivity contribution in [2.75, 3.05) is 13.1 Å². The molecule has 0 radical (unpaired) electrons. The Hall–Kier alpha value is -0.920. The lowest BCUT2D eigenvalue weighted by Crippen LogP contribution is -2.16. The second kappa shape index (κ2) is 49.5. The first-order valence-electron chi connectivity index (χ1n) is 22.0. The van der Waals surface area contributed by atoms with Gasteiger partial charge in [-0.2, -0.15) is 0 Å². The summed E-state index contributed by atoms with van der Waals surface area (Å²) in [5.41, 5.74) is 0. The van der Waals surface area contributed by atoms with E-state index in [1.165, 1.54) is 231 Å². The van der Waals surface area contributed by atoms with Crippen molar-refractivity contribution in [3.8, 4) is 23.7 Å². The second-order valence-corrected chi connectivity index (χ2v) is 14.5. The number of nitrogens with one attached hydrogen (secondary N) is 1. The van der Waals surface area contributed by atoms with Gasteiger partial charge in [0.2, 0.25) is 0 Å². The Morgan fingerprint density at radius 3 is 0.723 bits per heavy atom. The van der Waals surface area contributed by atoms with Gasteiger partial charge in [-0.05, 0) is 50.6 Å². The molecule has 0 aromatic heterocycles. The molecule has 0 aliphatic carbocycles. The molecule has 0 heterocycles. The molecule has 0 aromatic carbocycles. The molecule has 0 rings (SSSR count). The molecular formula is C46H89N. The van der Waals surface area contributed by atoms with Gasteiger partial charge in [0.05, 0.1) is 0 Å². The van der Waals surface area contributed by atoms with Crippen molar-refractivity contribution >= 4 is 0 Å². The van der Waals surface area contributed by atoms with E-state index in [2.05, 4.69) is 56.7 Å². The number of unbranched alkanes of at least 4 members (excludes halogenated alkanes) is 32. The summed E-state index contributed by atoms with van der Waals surface area (Å²) in [5.74, 6) is 12.4. The average molecular weight is 656 g/mol. The molecule has 0 bridgehead atoms. The van der Waals surface area contributed by atoms with Gasteiger partial charge in [0.1, 0.15) is 0 Å². The summed E-state index contributed by atoms with van der Waals surface area (Å²) >= 11 is 0. The van der Waals surface area contributed by atoms with Crippen LogP contribution >= 0.6 is 0 Å². The van der Waals surface area contributed by atoms with Crippen molar-refractivity contribution in [3.05, 3.63) is 0 Å². The Labute approximate surface area is 300 Å². The first-order valence-corrected chi connectivity index (χ1v) is 22.0. The molecule has 47 heavy (non-hydrogen) atoms. The zero-order valence-electron chi connectivity index (χ0n) is 33.4. The Balaban J connectivity index is 0. The van der Waals surface area contributed by atoms with E-state index in [0.29, 0.717) is 0 Å². The number of hydrogen-bond acceptors (Lipinski definition) is 1. The van der Waals surface area contributed by atoms with Crippen LogP contribution in [0.2, 0.25) is 0 Å². The van der Waals surface area contributed by atoms with E-state index in [9.17, 15) is 0 Å². The summed E-state index contributed by atoms with van der Waals surface area (Å²) in [6, 6.07) is 0. The third kappa shape index (κ3) is 52.1. The van der Waals surface area contributed by atoms with Crippen LogP contribution in [0.25, 0.3) is 0 Å². The van der Waals surface area contributed by atoms with Gasteiger partial charge in [-0.3, -0.25) is 0 Å². The van der Waals surface area contributed by atoms with Crippen LogP contribution in [0, 0.1) is 23.7 Å². The largest absolute Gasteiger partial charge is 0.317 e. The van der Waals surface area contributed by atoms with Gasteiger partial charge in [0.15, 0.2) is 0 Å². The Kier molecular flexibility index (Phi) is 50.7. The van der Waals surface area contributed by atoms with Gasteiger partial charge in [-0.15, -0.1) is 0 Å². The maximum atomic E-state index is 3.64. The van der Waals surface area contributed by atoms with Gasteiger partial charge in [-0.25, -0.2) is 0 Å². The van der Waals surface area contributed by atoms with E-state index in [-0.39, 0.29) is 0 Å². The SMILES string of the molecule is CCCCCCCCCC#CC#CCCCCCCCCC.CCCCCCCCCCCCNCCCCCCCCCCCC. The van der Waals surface area contributed by atoms with Crippen LogP contribution in [-0.4, -0.2) is 13.1 Å². The van der Waals surface area contributed by atoms with E-state index in [4.69, 9.17) is 0 Å². The predicted molar refractivity (Wildman–Crippen MR) is 217 cm³/mol. The minimum absolute atomic E-state index is 1.03. The minimum Gasteiger partial charge on any atom is -0.317 e. The molecule has 278 valence electrons. The first-order chi connectivity index (χ1) is 23.3. The first kappa shape index (κ1) is 48.2. The molecular weight excluding hydrogens is 567 g/mol. The molecule has 0 aliphatic heterocycles. The normalized spacial score (nSPS) is 10.6. The van der Waals surface area contributed by atoms with Gasteiger partial charge in [0, 0.05) is 12.8 Å². The maximum absolute atomic E-state index is 3.64. The molecule has 0 fully saturated rings. The maximum Gasteiger partial charge on any atom is 0.00989 e. The summed E-state index contributed by atoms with van der Waals surface area (Å²) in [5, 5.41) is 3.64. The number of rotatable bonds is 36. The van der Waals surface area contributed by atoms with Crippen molar-refractivity contribution in [1.82, 2.24) is 5.32 Å². The molecule has 0 aliphatic rings. The molecule has 0 amide bonds. The van der Waals surface area contributed by atoms with Crippen molar-refractivity contribution in [2.45, 2.75) is 259 Å². The van der Waals surface area contributed by atoms with Crippen LogP contribution in [0.4, 0.5) is 0 Å². The van der Waals surface area contributed by atoms with E-state index in [1.54, 1.807) is 0 Å². The Morgan fingerprint density at radius 2 is 0.468 bits per heavy atom. The Morgan fingerprint density at radius 1 is 0.255 bits per heavy atom. The fourth-order valence-electron chi connectivity index (χ4n) is 6.15. The quantitative estimate of drug-likeness (QED) is 0.0523. The summed E-state index contributed by atoms with van der Waals surface area (Å²) < 4.78 is 0. The van der Waals surface area contributed by atoms with Gasteiger partial charge < -0.3 is 5.32 Å². The smallest absolute Gasteiger partial charge is 0.00989 e. The predicted octanol–water partition coefficient (Wildman–Crippen LogP) is 15.7. The van der Waals surface area contributed by atoms with E-state index in [0.717, 1.165) is 12.8 Å². The average Bonchev–Trinajstić information content (AvgIpc) is 3.09. The summed E-state index contributed by atoms with van der Waals surface area (Å²) in [4.78, 5) is 0. The highest BCUT2D eigenvalue weighted by atomic mass is 14.8. The Bertz CT molecular complexity index is 587. The molecule has 0 saturated carbocycles.